The van der Waals surface area contributed by atoms with Crippen molar-refractivity contribution in [3.05, 3.63) is 82.0 Å². The molecule has 1 unspecified atom stereocenters. The summed E-state index contributed by atoms with van der Waals surface area (Å²) in [6.45, 7) is 9.87. The number of hydrogen-bond donors (Lipinski definition) is 2. The van der Waals surface area contributed by atoms with Gasteiger partial charge in [0, 0.05) is 44.4 Å². The van der Waals surface area contributed by atoms with Crippen LogP contribution in [0.2, 0.25) is 0 Å². The summed E-state index contributed by atoms with van der Waals surface area (Å²) in [5.41, 5.74) is 14.4. The number of para-hydroxylation sites is 1. The molecule has 0 fully saturated rings. The Balaban J connectivity index is 1.62. The molecule has 6 heteroatoms. The van der Waals surface area contributed by atoms with Gasteiger partial charge in [0.2, 0.25) is 0 Å². The van der Waals surface area contributed by atoms with Gasteiger partial charge in [0.25, 0.3) is 0 Å². The summed E-state index contributed by atoms with van der Waals surface area (Å²) in [6.07, 6.45) is 2.90. The van der Waals surface area contributed by atoms with Crippen molar-refractivity contribution < 1.29 is 4.74 Å². The standard InChI is InChI=1S/C27H35N5O/c1-5-23(24-15-30-27(31(4)29)26(28)19(24)3)20-11-10-18(2)22(14-20)17-32-12-13-33-25-9-7-6-8-21(25)16-32/h6-11,14-15,23H,5,12-13,16-17,28-29H2,1-4H3. The summed E-state index contributed by atoms with van der Waals surface area (Å²) in [7, 11) is 1.76. The van der Waals surface area contributed by atoms with E-state index in [-0.39, 0.29) is 5.92 Å². The van der Waals surface area contributed by atoms with Crippen molar-refractivity contribution in [1.29, 1.82) is 0 Å². The monoisotopic (exact) mass is 445 g/mol. The van der Waals surface area contributed by atoms with Crippen LogP contribution in [0.25, 0.3) is 0 Å². The Morgan fingerprint density at radius 1 is 1.18 bits per heavy atom. The van der Waals surface area contributed by atoms with Crippen molar-refractivity contribution in [2.24, 2.45) is 5.84 Å². The molecule has 1 atom stereocenters. The van der Waals surface area contributed by atoms with E-state index in [0.29, 0.717) is 18.1 Å². The smallest absolute Gasteiger partial charge is 0.165 e. The maximum absolute atomic E-state index is 6.38. The van der Waals surface area contributed by atoms with E-state index in [1.165, 1.54) is 27.3 Å². The first-order valence-electron chi connectivity index (χ1n) is 11.6. The van der Waals surface area contributed by atoms with Gasteiger partial charge in [-0.3, -0.25) is 9.91 Å². The van der Waals surface area contributed by atoms with E-state index in [0.717, 1.165) is 42.9 Å². The third-order valence-electron chi connectivity index (χ3n) is 6.72. The Labute approximate surface area is 197 Å². The van der Waals surface area contributed by atoms with Crippen molar-refractivity contribution in [3.8, 4) is 5.75 Å². The lowest BCUT2D eigenvalue weighted by molar-refractivity contribution is 0.219. The maximum atomic E-state index is 6.38. The quantitative estimate of drug-likeness (QED) is 0.429. The number of ether oxygens (including phenoxy) is 1. The van der Waals surface area contributed by atoms with Gasteiger partial charge in [-0.05, 0) is 54.2 Å². The average Bonchev–Trinajstić information content (AvgIpc) is 3.00. The summed E-state index contributed by atoms with van der Waals surface area (Å²) in [4.78, 5) is 7.02. The average molecular weight is 446 g/mol. The van der Waals surface area contributed by atoms with E-state index < -0.39 is 0 Å². The lowest BCUT2D eigenvalue weighted by Crippen LogP contribution is -2.27. The first kappa shape index (κ1) is 23.1. The normalized spacial score (nSPS) is 14.8. The molecule has 0 bridgehead atoms. The number of nitrogens with zero attached hydrogens (tertiary/aromatic N) is 3. The predicted molar refractivity (Wildman–Crippen MR) is 135 cm³/mol. The molecule has 0 radical (unpaired) electrons. The predicted octanol–water partition coefficient (Wildman–Crippen LogP) is 4.53. The van der Waals surface area contributed by atoms with Crippen LogP contribution >= 0.6 is 0 Å². The van der Waals surface area contributed by atoms with Crippen LogP contribution in [0.15, 0.2) is 48.7 Å². The Morgan fingerprint density at radius 3 is 2.73 bits per heavy atom. The second kappa shape index (κ2) is 9.81. The van der Waals surface area contributed by atoms with Gasteiger partial charge in [-0.1, -0.05) is 43.3 Å². The number of aromatic nitrogens is 1. The second-order valence-corrected chi connectivity index (χ2v) is 9.00. The van der Waals surface area contributed by atoms with Crippen LogP contribution in [0.3, 0.4) is 0 Å². The maximum Gasteiger partial charge on any atom is 0.165 e. The Hall–Kier alpha value is -3.09. The summed E-state index contributed by atoms with van der Waals surface area (Å²) < 4.78 is 5.96. The Morgan fingerprint density at radius 2 is 1.97 bits per heavy atom. The van der Waals surface area contributed by atoms with Gasteiger partial charge in [0.15, 0.2) is 5.82 Å². The van der Waals surface area contributed by atoms with Crippen LogP contribution in [0, 0.1) is 13.8 Å². The Bertz CT molecular complexity index is 1130. The first-order chi connectivity index (χ1) is 15.9. The fourth-order valence-electron chi connectivity index (χ4n) is 4.72. The molecular formula is C27H35N5O. The molecule has 1 aliphatic rings. The molecule has 4 N–H and O–H groups in total. The summed E-state index contributed by atoms with van der Waals surface area (Å²) in [5.74, 6) is 7.74. The number of hydrazine groups is 1. The van der Waals surface area contributed by atoms with Gasteiger partial charge >= 0.3 is 0 Å². The van der Waals surface area contributed by atoms with Gasteiger partial charge < -0.3 is 10.5 Å². The SMILES string of the molecule is CCC(c1ccc(C)c(CN2CCOc3ccccc3C2)c1)c1cnc(N(C)N)c(N)c1C. The van der Waals surface area contributed by atoms with Gasteiger partial charge in [-0.25, -0.2) is 10.8 Å². The number of hydrogen-bond acceptors (Lipinski definition) is 6. The molecule has 0 aliphatic carbocycles. The number of fused-ring (bicyclic) bond motifs is 1. The fourth-order valence-corrected chi connectivity index (χ4v) is 4.72. The molecule has 0 saturated heterocycles. The van der Waals surface area contributed by atoms with E-state index >= 15 is 0 Å². The molecule has 2 aromatic carbocycles. The number of pyridine rings is 1. The van der Waals surface area contributed by atoms with Crippen molar-refractivity contribution >= 4 is 11.5 Å². The zero-order valence-corrected chi connectivity index (χ0v) is 20.1. The van der Waals surface area contributed by atoms with Crippen LogP contribution in [0.5, 0.6) is 5.75 Å². The summed E-state index contributed by atoms with van der Waals surface area (Å²) in [5, 5.41) is 1.47. The highest BCUT2D eigenvalue weighted by molar-refractivity contribution is 5.68. The zero-order valence-electron chi connectivity index (χ0n) is 20.1. The third-order valence-corrected chi connectivity index (χ3v) is 6.72. The van der Waals surface area contributed by atoms with E-state index in [4.69, 9.17) is 16.3 Å². The molecule has 3 aromatic rings. The number of nitrogen functional groups attached to an aromatic ring is 1. The highest BCUT2D eigenvalue weighted by Crippen LogP contribution is 2.35. The van der Waals surface area contributed by atoms with E-state index in [2.05, 4.69) is 67.1 Å². The molecule has 33 heavy (non-hydrogen) atoms. The van der Waals surface area contributed by atoms with Crippen LogP contribution in [-0.2, 0) is 13.1 Å². The van der Waals surface area contributed by atoms with Gasteiger partial charge in [0.1, 0.15) is 12.4 Å². The molecule has 1 aliphatic heterocycles. The largest absolute Gasteiger partial charge is 0.492 e. The molecule has 174 valence electrons. The lowest BCUT2D eigenvalue weighted by atomic mass is 9.85. The van der Waals surface area contributed by atoms with Crippen molar-refractivity contribution in [2.45, 2.75) is 46.2 Å². The van der Waals surface area contributed by atoms with Crippen molar-refractivity contribution in [2.75, 3.05) is 30.9 Å². The minimum atomic E-state index is 0.226. The number of anilines is 2. The first-order valence-corrected chi connectivity index (χ1v) is 11.6. The van der Waals surface area contributed by atoms with Crippen LogP contribution < -0.4 is 21.3 Å². The van der Waals surface area contributed by atoms with E-state index in [1.807, 2.05) is 12.3 Å². The van der Waals surface area contributed by atoms with E-state index in [1.54, 1.807) is 7.05 Å². The fraction of sp³-hybridized carbons (Fsp3) is 0.370. The van der Waals surface area contributed by atoms with Gasteiger partial charge in [0.05, 0.1) is 5.69 Å². The van der Waals surface area contributed by atoms with Gasteiger partial charge in [-0.2, -0.15) is 0 Å². The molecule has 0 saturated carbocycles. The third kappa shape index (κ3) is 4.82. The lowest BCUT2D eigenvalue weighted by Gasteiger charge is -2.24. The van der Waals surface area contributed by atoms with Crippen LogP contribution in [0.4, 0.5) is 11.5 Å². The Kier molecular flexibility index (Phi) is 6.86. The molecular weight excluding hydrogens is 410 g/mol. The minimum absolute atomic E-state index is 0.226. The molecule has 0 spiro atoms. The van der Waals surface area contributed by atoms with Gasteiger partial charge in [-0.15, -0.1) is 0 Å². The number of rotatable bonds is 6. The van der Waals surface area contributed by atoms with Crippen LogP contribution in [0.1, 0.15) is 52.6 Å². The van der Waals surface area contributed by atoms with E-state index in [9.17, 15) is 0 Å². The summed E-state index contributed by atoms with van der Waals surface area (Å²) >= 11 is 0. The highest BCUT2D eigenvalue weighted by Gasteiger charge is 2.21. The number of nitrogens with two attached hydrogens (primary N) is 2. The number of aryl methyl sites for hydroxylation is 1. The molecule has 6 nitrogen and oxygen atoms in total. The topological polar surface area (TPSA) is 80.6 Å². The molecule has 1 aromatic heterocycles. The number of benzene rings is 2. The van der Waals surface area contributed by atoms with Crippen molar-refractivity contribution in [1.82, 2.24) is 9.88 Å². The summed E-state index contributed by atoms with van der Waals surface area (Å²) in [6, 6.07) is 15.2. The minimum Gasteiger partial charge on any atom is -0.492 e. The molecule has 0 amide bonds. The highest BCUT2D eigenvalue weighted by atomic mass is 16.5. The zero-order chi connectivity index (χ0) is 23.5. The second-order valence-electron chi connectivity index (χ2n) is 9.00. The van der Waals surface area contributed by atoms with Crippen LogP contribution in [-0.4, -0.2) is 30.1 Å². The molecule has 2 heterocycles. The van der Waals surface area contributed by atoms with Crippen molar-refractivity contribution in [3.63, 3.8) is 0 Å². The molecule has 4 rings (SSSR count).